The van der Waals surface area contributed by atoms with Crippen molar-refractivity contribution in [2.24, 2.45) is 0 Å². The van der Waals surface area contributed by atoms with Gasteiger partial charge in [0, 0.05) is 40.3 Å². The lowest BCUT2D eigenvalue weighted by Crippen LogP contribution is -2.60. The molecule has 6 aromatic rings. The predicted molar refractivity (Wildman–Crippen MR) is 242 cm³/mol. The van der Waals surface area contributed by atoms with Crippen molar-refractivity contribution in [3.05, 3.63) is 87.5 Å². The highest BCUT2D eigenvalue weighted by molar-refractivity contribution is 6.10. The van der Waals surface area contributed by atoms with E-state index < -0.39 is 227 Å². The number of esters is 4. The Morgan fingerprint density at radius 2 is 0.829 bits per heavy atom. The van der Waals surface area contributed by atoms with Crippen LogP contribution in [0.1, 0.15) is 70.3 Å². The predicted octanol–water partition coefficient (Wildman–Crippen LogP) is 2.95. The highest BCUT2D eigenvalue weighted by Crippen LogP contribution is 2.57. The summed E-state index contributed by atoms with van der Waals surface area (Å²) in [5.74, 6) is -26.8. The summed E-state index contributed by atoms with van der Waals surface area (Å²) in [5.41, 5.74) is -9.51. The van der Waals surface area contributed by atoms with Gasteiger partial charge in [-0.15, -0.1) is 0 Å². The van der Waals surface area contributed by atoms with Gasteiger partial charge in [-0.2, -0.15) is 0 Å². The van der Waals surface area contributed by atoms with Crippen LogP contribution in [0.15, 0.2) is 48.5 Å². The van der Waals surface area contributed by atoms with Crippen molar-refractivity contribution < 1.29 is 134 Å². The van der Waals surface area contributed by atoms with Crippen LogP contribution in [0.4, 0.5) is 0 Å². The Morgan fingerprint density at radius 1 is 0.395 bits per heavy atom. The van der Waals surface area contributed by atoms with Gasteiger partial charge < -0.3 is 115 Å². The standard InChI is InChI=1S/C49H36O27/c50-17-2-1-11(3-19(17)52)40-25(58)4-12-18(51)9-20(53)31(41(12)73-40)43-45-44(75-48(69)15-7-23(56)34(61)38(65)29(15)30-16(49(70)76-45)8-24(57)35(62)39(30)66)42-26(72-43)10-71-46(67)13-5-21(54)32(59)36(63)27(13)28-14(47(68)74-42)6-22(55)33(60)37(28)64/h1-3,5-9,25-26,40,42-45,50-66H,4,10H2/t25-,26+,40+,42-,43-,44+,45-/m0/s1. The van der Waals surface area contributed by atoms with Gasteiger partial charge in [0.25, 0.3) is 0 Å². The van der Waals surface area contributed by atoms with E-state index in [0.29, 0.717) is 30.3 Å². The molecule has 17 N–H and O–H groups in total. The smallest absolute Gasteiger partial charge is 0.339 e. The van der Waals surface area contributed by atoms with Crippen LogP contribution in [0.25, 0.3) is 22.3 Å². The first kappa shape index (κ1) is 49.3. The number of benzene rings is 6. The molecular formula is C49H36O27. The van der Waals surface area contributed by atoms with E-state index in [0.717, 1.165) is 12.1 Å². The maximum Gasteiger partial charge on any atom is 0.339 e. The summed E-state index contributed by atoms with van der Waals surface area (Å²) >= 11 is 0. The summed E-state index contributed by atoms with van der Waals surface area (Å²) in [6.07, 6.45) is -15.5. The van der Waals surface area contributed by atoms with Crippen molar-refractivity contribution in [3.8, 4) is 120 Å². The number of carbonyl (C=O) groups excluding carboxylic acids is 4. The number of aliphatic hydroxyl groups excluding tert-OH is 1. The third-order valence-electron chi connectivity index (χ3n) is 13.1. The molecule has 4 heterocycles. The molecule has 6 aromatic carbocycles. The average molecular weight is 1060 g/mol. The number of cyclic esters (lactones) is 1. The average Bonchev–Trinajstić information content (AvgIpc) is 3.40. The van der Waals surface area contributed by atoms with Crippen molar-refractivity contribution in [2.75, 3.05) is 6.61 Å². The second kappa shape index (κ2) is 17.4. The van der Waals surface area contributed by atoms with Crippen LogP contribution in [0.5, 0.6) is 97.7 Å². The molecule has 4 aliphatic heterocycles. The second-order valence-electron chi connectivity index (χ2n) is 17.6. The topological polar surface area (TPSA) is 468 Å². The summed E-state index contributed by atoms with van der Waals surface area (Å²) in [7, 11) is 0. The molecule has 76 heavy (non-hydrogen) atoms. The van der Waals surface area contributed by atoms with Gasteiger partial charge in [0.05, 0.1) is 33.9 Å². The minimum absolute atomic E-state index is 0.0296. The molecule has 0 aromatic heterocycles. The number of hydrogen-bond acceptors (Lipinski definition) is 27. The zero-order valence-corrected chi connectivity index (χ0v) is 37.8. The summed E-state index contributed by atoms with van der Waals surface area (Å²) in [6.45, 7) is -1.24. The summed E-state index contributed by atoms with van der Waals surface area (Å²) < 4.78 is 36.0. The molecule has 1 fully saturated rings. The maximum atomic E-state index is 14.9. The monoisotopic (exact) mass is 1060 g/mol. The molecule has 0 aliphatic carbocycles. The Hall–Kier alpha value is -10.3. The minimum atomic E-state index is -2.51. The third kappa shape index (κ3) is 7.43. The molecule has 7 atom stereocenters. The van der Waals surface area contributed by atoms with E-state index in [1.165, 1.54) is 6.07 Å². The maximum absolute atomic E-state index is 14.9. The Kier molecular flexibility index (Phi) is 11.3. The van der Waals surface area contributed by atoms with Crippen molar-refractivity contribution in [1.82, 2.24) is 0 Å². The van der Waals surface area contributed by atoms with Crippen LogP contribution in [-0.2, 0) is 30.1 Å². The quantitative estimate of drug-likeness (QED) is 0.0673. The van der Waals surface area contributed by atoms with E-state index in [1.807, 2.05) is 0 Å². The number of hydrogen-bond donors (Lipinski definition) is 17. The van der Waals surface area contributed by atoms with Crippen molar-refractivity contribution in [3.63, 3.8) is 0 Å². The number of rotatable bonds is 2. The lowest BCUT2D eigenvalue weighted by atomic mass is 9.85. The number of phenolic OH excluding ortho intramolecular Hbond substituents is 16. The van der Waals surface area contributed by atoms with Gasteiger partial charge in [0.2, 0.25) is 23.0 Å². The first-order chi connectivity index (χ1) is 35.9. The molecule has 0 radical (unpaired) electrons. The van der Waals surface area contributed by atoms with Crippen LogP contribution in [-0.4, -0.2) is 148 Å². The van der Waals surface area contributed by atoms with E-state index in [-0.39, 0.29) is 11.1 Å². The zero-order chi connectivity index (χ0) is 54.8. The fourth-order valence-corrected chi connectivity index (χ4v) is 9.54. The molecule has 0 unspecified atom stereocenters. The van der Waals surface area contributed by atoms with Crippen LogP contribution in [0.3, 0.4) is 0 Å². The van der Waals surface area contributed by atoms with E-state index in [9.17, 15) is 106 Å². The van der Waals surface area contributed by atoms with Gasteiger partial charge in [0.15, 0.2) is 75.8 Å². The molecule has 0 bridgehead atoms. The summed E-state index contributed by atoms with van der Waals surface area (Å²) in [6, 6.07) is 5.75. The number of ether oxygens (including phenoxy) is 6. The fourth-order valence-electron chi connectivity index (χ4n) is 9.54. The number of aromatic hydroxyl groups is 16. The van der Waals surface area contributed by atoms with E-state index in [1.54, 1.807) is 0 Å². The van der Waals surface area contributed by atoms with Crippen LogP contribution < -0.4 is 4.74 Å². The lowest BCUT2D eigenvalue weighted by molar-refractivity contribution is -0.232. The molecular weight excluding hydrogens is 1020 g/mol. The van der Waals surface area contributed by atoms with Gasteiger partial charge in [-0.25, -0.2) is 19.2 Å². The first-order valence-corrected chi connectivity index (χ1v) is 21.9. The highest BCUT2D eigenvalue weighted by Gasteiger charge is 2.57. The van der Waals surface area contributed by atoms with Crippen molar-refractivity contribution >= 4 is 23.9 Å². The molecule has 394 valence electrons. The normalized spacial score (nSPS) is 21.9. The Labute approximate surface area is 420 Å². The minimum Gasteiger partial charge on any atom is -0.507 e. The lowest BCUT2D eigenvalue weighted by Gasteiger charge is -2.46. The second-order valence-corrected chi connectivity index (χ2v) is 17.6. The highest BCUT2D eigenvalue weighted by atomic mass is 16.7. The molecule has 27 nitrogen and oxygen atoms in total. The molecule has 4 aliphatic rings. The molecule has 1 saturated heterocycles. The van der Waals surface area contributed by atoms with Crippen LogP contribution >= 0.6 is 0 Å². The van der Waals surface area contributed by atoms with Crippen molar-refractivity contribution in [2.45, 2.75) is 49.1 Å². The molecule has 0 spiro atoms. The Morgan fingerprint density at radius 3 is 1.29 bits per heavy atom. The zero-order valence-electron chi connectivity index (χ0n) is 37.8. The summed E-state index contributed by atoms with van der Waals surface area (Å²) in [4.78, 5) is 58.7. The Bertz CT molecular complexity index is 3570. The van der Waals surface area contributed by atoms with E-state index in [2.05, 4.69) is 0 Å². The van der Waals surface area contributed by atoms with Gasteiger partial charge in [-0.3, -0.25) is 0 Å². The van der Waals surface area contributed by atoms with Gasteiger partial charge in [-0.1, -0.05) is 6.07 Å². The number of aliphatic hydroxyl groups is 1. The Balaban J connectivity index is 1.24. The molecule has 10 rings (SSSR count). The fraction of sp³-hybridized carbons (Fsp3) is 0.184. The van der Waals surface area contributed by atoms with Crippen LogP contribution in [0.2, 0.25) is 0 Å². The third-order valence-corrected chi connectivity index (χ3v) is 13.1. The SMILES string of the molecule is O=C1OC[C@H]2O[C@@H](c3c(O)cc(O)c4c3O[C@H](c3ccc(O)c(O)c3)[C@@H](O)C4)[C@@H]3OC(=O)c4cc(O)c(O)c(O)c4-c4c(cc(O)c(O)c4O)C(=O)O[C@@H]3[C@H]2OC(=O)c2cc(O)c(O)c(O)c2-c2c1cc(O)c(O)c2O. The van der Waals surface area contributed by atoms with Gasteiger partial charge >= 0.3 is 23.9 Å². The number of phenols is 16. The van der Waals surface area contributed by atoms with Gasteiger partial charge in [-0.05, 0) is 42.0 Å². The number of carbonyl (C=O) groups is 4. The van der Waals surface area contributed by atoms with Crippen LogP contribution in [0, 0.1) is 0 Å². The van der Waals surface area contributed by atoms with Gasteiger partial charge in [0.1, 0.15) is 42.2 Å². The van der Waals surface area contributed by atoms with E-state index >= 15 is 0 Å². The largest absolute Gasteiger partial charge is 0.507 e. The molecule has 0 amide bonds. The van der Waals surface area contributed by atoms with E-state index in [4.69, 9.17) is 28.4 Å². The summed E-state index contributed by atoms with van der Waals surface area (Å²) in [5, 5.41) is 185. The number of fused-ring (bicyclic) bond motifs is 10. The molecule has 0 saturated carbocycles. The molecule has 27 heteroatoms. The van der Waals surface area contributed by atoms with Crippen molar-refractivity contribution in [1.29, 1.82) is 0 Å². The first-order valence-electron chi connectivity index (χ1n) is 21.9.